The van der Waals surface area contributed by atoms with Crippen molar-refractivity contribution in [3.63, 3.8) is 0 Å². The van der Waals surface area contributed by atoms with Gasteiger partial charge in [-0.25, -0.2) is 8.42 Å². The molecule has 1 rings (SSSR count). The van der Waals surface area contributed by atoms with Gasteiger partial charge in [0, 0.05) is 13.2 Å². The lowest BCUT2D eigenvalue weighted by molar-refractivity contribution is -0.120. The van der Waals surface area contributed by atoms with Crippen LogP contribution in [0.1, 0.15) is 25.0 Å². The first-order valence-corrected chi connectivity index (χ1v) is 8.09. The molecule has 0 aliphatic rings. The van der Waals surface area contributed by atoms with Crippen molar-refractivity contribution in [1.82, 2.24) is 0 Å². The third-order valence-corrected chi connectivity index (χ3v) is 4.58. The quantitative estimate of drug-likeness (QED) is 0.723. The molecule has 1 aromatic carbocycles. The molecule has 0 saturated carbocycles. The largest absolute Gasteiger partial charge is 0.352 e. The van der Waals surface area contributed by atoms with Gasteiger partial charge in [0.25, 0.3) is 0 Å². The van der Waals surface area contributed by atoms with Crippen LogP contribution in [0.15, 0.2) is 23.1 Å². The molecule has 0 spiro atoms. The number of aryl methyl sites for hydroxylation is 2. The van der Waals surface area contributed by atoms with Gasteiger partial charge in [0.05, 0.1) is 4.90 Å². The van der Waals surface area contributed by atoms with Gasteiger partial charge in [0.2, 0.25) is 0 Å². The molecule has 108 valence electrons. The van der Waals surface area contributed by atoms with Crippen LogP contribution in [0.5, 0.6) is 0 Å². The van der Waals surface area contributed by atoms with Gasteiger partial charge < -0.3 is 9.47 Å². The topological polar surface area (TPSA) is 52.6 Å². The second-order valence-electron chi connectivity index (χ2n) is 4.37. The molecular weight excluding hydrogens is 264 g/mol. The highest BCUT2D eigenvalue weighted by Crippen LogP contribution is 2.17. The second kappa shape index (κ2) is 7.03. The van der Waals surface area contributed by atoms with E-state index in [4.69, 9.17) is 9.47 Å². The van der Waals surface area contributed by atoms with Gasteiger partial charge in [-0.3, -0.25) is 0 Å². The number of rotatable bonds is 7. The molecule has 0 fully saturated rings. The molecule has 0 aromatic heterocycles. The normalized spacial score (nSPS) is 12.1. The zero-order valence-electron chi connectivity index (χ0n) is 12.0. The Kier molecular flexibility index (Phi) is 5.97. The predicted octanol–water partition coefficient (Wildman–Crippen LogP) is 2.48. The van der Waals surface area contributed by atoms with Crippen LogP contribution < -0.4 is 0 Å². The van der Waals surface area contributed by atoms with E-state index in [2.05, 4.69) is 0 Å². The first-order chi connectivity index (χ1) is 8.90. The van der Waals surface area contributed by atoms with Crippen LogP contribution in [0, 0.1) is 13.8 Å². The summed E-state index contributed by atoms with van der Waals surface area (Å²) >= 11 is 0. The molecule has 0 N–H and O–H groups in total. The first kappa shape index (κ1) is 16.1. The monoisotopic (exact) mass is 286 g/mol. The highest BCUT2D eigenvalue weighted by atomic mass is 32.2. The van der Waals surface area contributed by atoms with Crippen LogP contribution in [0.2, 0.25) is 0 Å². The van der Waals surface area contributed by atoms with E-state index < -0.39 is 16.1 Å². The van der Waals surface area contributed by atoms with Gasteiger partial charge in [0.15, 0.2) is 16.1 Å². The summed E-state index contributed by atoms with van der Waals surface area (Å²) in [6.45, 7) is 8.33. The molecule has 19 heavy (non-hydrogen) atoms. The van der Waals surface area contributed by atoms with Crippen molar-refractivity contribution in [3.8, 4) is 0 Å². The van der Waals surface area contributed by atoms with Crippen LogP contribution in [0.3, 0.4) is 0 Å². The van der Waals surface area contributed by atoms with E-state index in [1.807, 2.05) is 33.8 Å². The fourth-order valence-electron chi connectivity index (χ4n) is 1.70. The Balaban J connectivity index is 2.92. The Labute approximate surface area is 115 Å². The Morgan fingerprint density at radius 1 is 1.05 bits per heavy atom. The standard InChI is InChI=1S/C14H22O4S/c1-5-17-14(18-6-2)10-19(15,16)13-8-7-11(3)12(4)9-13/h7-9,14H,5-6,10H2,1-4H3. The van der Waals surface area contributed by atoms with Gasteiger partial charge in [-0.15, -0.1) is 0 Å². The van der Waals surface area contributed by atoms with E-state index in [1.165, 1.54) is 0 Å². The summed E-state index contributed by atoms with van der Waals surface area (Å²) in [4.78, 5) is 0.319. The number of benzene rings is 1. The lowest BCUT2D eigenvalue weighted by atomic mass is 10.1. The van der Waals surface area contributed by atoms with E-state index in [-0.39, 0.29) is 5.75 Å². The maximum Gasteiger partial charge on any atom is 0.183 e. The van der Waals surface area contributed by atoms with Crippen molar-refractivity contribution in [1.29, 1.82) is 0 Å². The summed E-state index contributed by atoms with van der Waals surface area (Å²) in [6, 6.07) is 5.14. The van der Waals surface area contributed by atoms with Crippen molar-refractivity contribution in [2.24, 2.45) is 0 Å². The molecule has 0 atom stereocenters. The Hall–Kier alpha value is -0.910. The maximum absolute atomic E-state index is 12.3. The predicted molar refractivity (Wildman–Crippen MR) is 75.0 cm³/mol. The zero-order valence-corrected chi connectivity index (χ0v) is 12.8. The third kappa shape index (κ3) is 4.60. The maximum atomic E-state index is 12.3. The molecule has 5 heteroatoms. The van der Waals surface area contributed by atoms with E-state index in [9.17, 15) is 8.42 Å². The van der Waals surface area contributed by atoms with Gasteiger partial charge >= 0.3 is 0 Å². The average Bonchev–Trinajstić information content (AvgIpc) is 2.32. The van der Waals surface area contributed by atoms with E-state index in [0.717, 1.165) is 11.1 Å². The second-order valence-corrected chi connectivity index (χ2v) is 6.40. The number of hydrogen-bond donors (Lipinski definition) is 0. The van der Waals surface area contributed by atoms with E-state index >= 15 is 0 Å². The highest BCUT2D eigenvalue weighted by Gasteiger charge is 2.22. The van der Waals surface area contributed by atoms with Crippen molar-refractivity contribution in [2.75, 3.05) is 19.0 Å². The van der Waals surface area contributed by atoms with E-state index in [0.29, 0.717) is 18.1 Å². The van der Waals surface area contributed by atoms with Crippen LogP contribution >= 0.6 is 0 Å². The fourth-order valence-corrected chi connectivity index (χ4v) is 3.07. The molecule has 0 saturated heterocycles. The first-order valence-electron chi connectivity index (χ1n) is 6.44. The van der Waals surface area contributed by atoms with Crippen molar-refractivity contribution < 1.29 is 17.9 Å². The summed E-state index contributed by atoms with van der Waals surface area (Å²) in [7, 11) is -3.39. The molecule has 0 bridgehead atoms. The smallest absolute Gasteiger partial charge is 0.183 e. The van der Waals surface area contributed by atoms with Crippen LogP contribution in [0.4, 0.5) is 0 Å². The molecule has 0 amide bonds. The summed E-state index contributed by atoms with van der Waals surface area (Å²) in [5, 5.41) is 0. The molecule has 0 heterocycles. The SMILES string of the molecule is CCOC(CS(=O)(=O)c1ccc(C)c(C)c1)OCC. The Morgan fingerprint density at radius 2 is 1.63 bits per heavy atom. The van der Waals surface area contributed by atoms with Crippen LogP contribution in [-0.2, 0) is 19.3 Å². The summed E-state index contributed by atoms with van der Waals surface area (Å²) in [6.07, 6.45) is -0.707. The van der Waals surface area contributed by atoms with Gasteiger partial charge in [-0.2, -0.15) is 0 Å². The molecular formula is C14H22O4S. The number of ether oxygens (including phenoxy) is 2. The van der Waals surface area contributed by atoms with Gasteiger partial charge in [-0.1, -0.05) is 6.07 Å². The lowest BCUT2D eigenvalue weighted by Crippen LogP contribution is -2.27. The summed E-state index contributed by atoms with van der Waals surface area (Å²) in [5.74, 6) is -0.156. The summed E-state index contributed by atoms with van der Waals surface area (Å²) < 4.78 is 35.2. The van der Waals surface area contributed by atoms with Crippen molar-refractivity contribution in [3.05, 3.63) is 29.3 Å². The van der Waals surface area contributed by atoms with Gasteiger partial charge in [0.1, 0.15) is 5.75 Å². The van der Waals surface area contributed by atoms with Crippen molar-refractivity contribution >= 4 is 9.84 Å². The molecule has 0 aliphatic heterocycles. The third-order valence-electron chi connectivity index (χ3n) is 2.90. The van der Waals surface area contributed by atoms with Crippen LogP contribution in [-0.4, -0.2) is 33.7 Å². The fraction of sp³-hybridized carbons (Fsp3) is 0.571. The molecule has 0 radical (unpaired) electrons. The van der Waals surface area contributed by atoms with Crippen molar-refractivity contribution in [2.45, 2.75) is 38.9 Å². The average molecular weight is 286 g/mol. The molecule has 0 unspecified atom stereocenters. The molecule has 0 aliphatic carbocycles. The Morgan fingerprint density at radius 3 is 2.11 bits per heavy atom. The minimum Gasteiger partial charge on any atom is -0.352 e. The molecule has 1 aromatic rings. The van der Waals surface area contributed by atoms with Gasteiger partial charge in [-0.05, 0) is 51.0 Å². The number of sulfone groups is 1. The summed E-state index contributed by atoms with van der Waals surface area (Å²) in [5.41, 5.74) is 2.04. The Bertz CT molecular complexity index is 502. The highest BCUT2D eigenvalue weighted by molar-refractivity contribution is 7.91. The van der Waals surface area contributed by atoms with E-state index in [1.54, 1.807) is 12.1 Å². The minimum absolute atomic E-state index is 0.156. The number of hydrogen-bond acceptors (Lipinski definition) is 4. The van der Waals surface area contributed by atoms with Crippen LogP contribution in [0.25, 0.3) is 0 Å². The molecule has 4 nitrogen and oxygen atoms in total. The minimum atomic E-state index is -3.39. The zero-order chi connectivity index (χ0) is 14.5. The lowest BCUT2D eigenvalue weighted by Gasteiger charge is -2.17.